The molecule has 1 aromatic heterocycles. The van der Waals surface area contributed by atoms with Crippen LogP contribution in [-0.4, -0.2) is 17.4 Å². The van der Waals surface area contributed by atoms with Gasteiger partial charge in [-0.25, -0.2) is 13.6 Å². The minimum atomic E-state index is -0.593. The molecular formula is C21H17F2NO3. The van der Waals surface area contributed by atoms with Gasteiger partial charge < -0.3 is 9.32 Å². The molecule has 1 amide bonds. The predicted molar refractivity (Wildman–Crippen MR) is 96.6 cm³/mol. The number of hydrogen-bond acceptors (Lipinski definition) is 3. The number of carbonyl (C=O) groups excluding carboxylic acids is 1. The molecule has 4 nitrogen and oxygen atoms in total. The minimum Gasteiger partial charge on any atom is -0.417 e. The van der Waals surface area contributed by atoms with Gasteiger partial charge in [0.15, 0.2) is 5.76 Å². The number of hydrogen-bond donors (Lipinski definition) is 0. The molecule has 0 spiro atoms. The summed E-state index contributed by atoms with van der Waals surface area (Å²) in [4.78, 5) is 26.9. The average Bonchev–Trinajstić information content (AvgIpc) is 3.15. The van der Waals surface area contributed by atoms with Crippen molar-refractivity contribution in [3.8, 4) is 0 Å². The van der Waals surface area contributed by atoms with E-state index in [1.165, 1.54) is 4.90 Å². The van der Waals surface area contributed by atoms with Gasteiger partial charge in [0.1, 0.15) is 11.6 Å². The molecule has 1 atom stereocenters. The highest BCUT2D eigenvalue weighted by atomic mass is 19.1. The summed E-state index contributed by atoms with van der Waals surface area (Å²) in [5.74, 6) is -1.65. The summed E-state index contributed by atoms with van der Waals surface area (Å²) < 4.78 is 33.2. The number of rotatable bonds is 2. The first kappa shape index (κ1) is 17.4. The minimum absolute atomic E-state index is 0.0533. The SMILES string of the molecule is Cc1c(C(=O)N2CCCC2c2cc(F)ccc2F)oc(=O)c2ccccc12. The quantitative estimate of drug-likeness (QED) is 0.675. The molecule has 1 unspecified atom stereocenters. The molecule has 1 saturated heterocycles. The van der Waals surface area contributed by atoms with E-state index in [0.717, 1.165) is 18.2 Å². The van der Waals surface area contributed by atoms with E-state index < -0.39 is 29.2 Å². The maximum Gasteiger partial charge on any atom is 0.344 e. The highest BCUT2D eigenvalue weighted by Gasteiger charge is 2.34. The highest BCUT2D eigenvalue weighted by Crippen LogP contribution is 2.35. The number of nitrogens with zero attached hydrogens (tertiary/aromatic N) is 1. The van der Waals surface area contributed by atoms with E-state index in [2.05, 4.69) is 0 Å². The molecular weight excluding hydrogens is 352 g/mol. The monoisotopic (exact) mass is 369 g/mol. The van der Waals surface area contributed by atoms with Crippen molar-refractivity contribution < 1.29 is 18.0 Å². The van der Waals surface area contributed by atoms with E-state index in [4.69, 9.17) is 4.42 Å². The van der Waals surface area contributed by atoms with Gasteiger partial charge in [-0.1, -0.05) is 18.2 Å². The zero-order valence-corrected chi connectivity index (χ0v) is 14.7. The van der Waals surface area contributed by atoms with Crippen molar-refractivity contribution in [2.24, 2.45) is 0 Å². The number of aryl methyl sites for hydroxylation is 1. The summed E-state index contributed by atoms with van der Waals surface area (Å²) in [5, 5.41) is 1.05. The van der Waals surface area contributed by atoms with Gasteiger partial charge in [0.05, 0.1) is 11.4 Å². The van der Waals surface area contributed by atoms with Crippen LogP contribution in [0.3, 0.4) is 0 Å². The number of amides is 1. The standard InChI is InChI=1S/C21H17F2NO3/c1-12-14-5-2-3-6-15(14)21(26)27-19(12)20(25)24-10-4-7-18(24)16-11-13(22)8-9-17(16)23/h2-3,5-6,8-9,11,18H,4,7,10H2,1H3. The molecule has 0 saturated carbocycles. The van der Waals surface area contributed by atoms with Crippen molar-refractivity contribution in [1.29, 1.82) is 0 Å². The molecule has 1 aliphatic heterocycles. The van der Waals surface area contributed by atoms with Crippen LogP contribution in [0.2, 0.25) is 0 Å². The fraction of sp³-hybridized carbons (Fsp3) is 0.238. The summed E-state index contributed by atoms with van der Waals surface area (Å²) in [7, 11) is 0. The molecule has 138 valence electrons. The Morgan fingerprint density at radius 3 is 2.67 bits per heavy atom. The molecule has 27 heavy (non-hydrogen) atoms. The van der Waals surface area contributed by atoms with Crippen LogP contribution >= 0.6 is 0 Å². The van der Waals surface area contributed by atoms with Crippen LogP contribution in [0.15, 0.2) is 51.7 Å². The number of fused-ring (bicyclic) bond motifs is 1. The van der Waals surface area contributed by atoms with Crippen LogP contribution in [0.5, 0.6) is 0 Å². The molecule has 0 aliphatic carbocycles. The van der Waals surface area contributed by atoms with Crippen molar-refractivity contribution in [2.75, 3.05) is 6.54 Å². The normalized spacial score (nSPS) is 16.9. The Kier molecular flexibility index (Phi) is 4.26. The van der Waals surface area contributed by atoms with Gasteiger partial charge in [-0.2, -0.15) is 0 Å². The van der Waals surface area contributed by atoms with E-state index in [1.54, 1.807) is 31.2 Å². The molecule has 6 heteroatoms. The predicted octanol–water partition coefficient (Wildman–Crippen LogP) is 4.36. The molecule has 2 heterocycles. The Bertz CT molecular complexity index is 1110. The smallest absolute Gasteiger partial charge is 0.344 e. The lowest BCUT2D eigenvalue weighted by Crippen LogP contribution is -2.32. The maximum atomic E-state index is 14.2. The van der Waals surface area contributed by atoms with E-state index in [9.17, 15) is 18.4 Å². The van der Waals surface area contributed by atoms with Gasteiger partial charge in [-0.15, -0.1) is 0 Å². The van der Waals surface area contributed by atoms with Crippen LogP contribution in [0.1, 0.15) is 40.6 Å². The van der Waals surface area contributed by atoms with Crippen LogP contribution in [0.25, 0.3) is 10.8 Å². The molecule has 4 rings (SSSR count). The van der Waals surface area contributed by atoms with Gasteiger partial charge in [-0.3, -0.25) is 4.79 Å². The second-order valence-corrected chi connectivity index (χ2v) is 6.71. The lowest BCUT2D eigenvalue weighted by atomic mass is 10.0. The van der Waals surface area contributed by atoms with Gasteiger partial charge in [0.25, 0.3) is 5.91 Å². The summed E-state index contributed by atoms with van der Waals surface area (Å²) in [6.45, 7) is 2.10. The number of carbonyl (C=O) groups is 1. The number of benzene rings is 2. The summed E-state index contributed by atoms with van der Waals surface area (Å²) in [6.07, 6.45) is 1.17. The van der Waals surface area contributed by atoms with Crippen molar-refractivity contribution in [1.82, 2.24) is 4.90 Å². The molecule has 0 N–H and O–H groups in total. The van der Waals surface area contributed by atoms with E-state index in [0.29, 0.717) is 35.7 Å². The molecule has 2 aromatic carbocycles. The van der Waals surface area contributed by atoms with Gasteiger partial charge >= 0.3 is 5.63 Å². The van der Waals surface area contributed by atoms with Gasteiger partial charge in [0.2, 0.25) is 0 Å². The third kappa shape index (κ3) is 2.91. The molecule has 0 radical (unpaired) electrons. The zero-order valence-electron chi connectivity index (χ0n) is 14.7. The highest BCUT2D eigenvalue weighted by molar-refractivity contribution is 5.98. The zero-order chi connectivity index (χ0) is 19.1. The first-order chi connectivity index (χ1) is 13.0. The van der Waals surface area contributed by atoms with E-state index in [-0.39, 0.29) is 11.3 Å². The largest absolute Gasteiger partial charge is 0.417 e. The molecule has 0 bridgehead atoms. The Hall–Kier alpha value is -3.02. The third-order valence-electron chi connectivity index (χ3n) is 5.11. The Labute approximate surface area is 154 Å². The summed E-state index contributed by atoms with van der Waals surface area (Å²) >= 11 is 0. The Balaban J connectivity index is 1.78. The third-order valence-corrected chi connectivity index (χ3v) is 5.11. The summed E-state index contributed by atoms with van der Waals surface area (Å²) in [6, 6.07) is 9.54. The Morgan fingerprint density at radius 2 is 1.89 bits per heavy atom. The fourth-order valence-corrected chi connectivity index (χ4v) is 3.77. The van der Waals surface area contributed by atoms with Crippen molar-refractivity contribution in [3.63, 3.8) is 0 Å². The van der Waals surface area contributed by atoms with E-state index >= 15 is 0 Å². The van der Waals surface area contributed by atoms with Crippen molar-refractivity contribution >= 4 is 16.7 Å². The van der Waals surface area contributed by atoms with Crippen LogP contribution in [0, 0.1) is 18.6 Å². The van der Waals surface area contributed by atoms with Gasteiger partial charge in [-0.05, 0) is 49.4 Å². The number of halogens is 2. The van der Waals surface area contributed by atoms with Crippen molar-refractivity contribution in [2.45, 2.75) is 25.8 Å². The van der Waals surface area contributed by atoms with Crippen LogP contribution < -0.4 is 5.63 Å². The second-order valence-electron chi connectivity index (χ2n) is 6.71. The maximum absolute atomic E-state index is 14.2. The molecule has 1 aliphatic rings. The van der Waals surface area contributed by atoms with Crippen LogP contribution in [-0.2, 0) is 0 Å². The van der Waals surface area contributed by atoms with E-state index in [1.807, 2.05) is 0 Å². The van der Waals surface area contributed by atoms with Gasteiger partial charge in [0, 0.05) is 17.7 Å². The van der Waals surface area contributed by atoms with Crippen LogP contribution in [0.4, 0.5) is 8.78 Å². The van der Waals surface area contributed by atoms with Crippen molar-refractivity contribution in [3.05, 3.63) is 81.4 Å². The lowest BCUT2D eigenvalue weighted by Gasteiger charge is -2.25. The first-order valence-corrected chi connectivity index (χ1v) is 8.75. The lowest BCUT2D eigenvalue weighted by molar-refractivity contribution is 0.0695. The Morgan fingerprint density at radius 1 is 1.15 bits per heavy atom. The molecule has 3 aromatic rings. The average molecular weight is 369 g/mol. The second kappa shape index (κ2) is 6.61. The molecule has 1 fully saturated rings. The topological polar surface area (TPSA) is 50.5 Å². The number of likely N-dealkylation sites (tertiary alicyclic amines) is 1. The summed E-state index contributed by atoms with van der Waals surface area (Å²) in [5.41, 5.74) is 0.106. The first-order valence-electron chi connectivity index (χ1n) is 8.75. The fourth-order valence-electron chi connectivity index (χ4n) is 3.77.